The maximum Gasteiger partial charge on any atom is 0.237 e. The van der Waals surface area contributed by atoms with Crippen LogP contribution in [0.4, 0.5) is 0 Å². The lowest BCUT2D eigenvalue weighted by molar-refractivity contribution is 0.460. The van der Waals surface area contributed by atoms with Crippen molar-refractivity contribution in [2.75, 3.05) is 7.05 Å². The predicted molar refractivity (Wildman–Crippen MR) is 74.5 cm³/mol. The molecule has 3 aromatic rings. The molecule has 0 aliphatic heterocycles. The van der Waals surface area contributed by atoms with Crippen LogP contribution in [0, 0.1) is 0 Å². The molecule has 0 amide bonds. The van der Waals surface area contributed by atoms with E-state index >= 15 is 0 Å². The summed E-state index contributed by atoms with van der Waals surface area (Å²) in [5, 5.41) is 16.6. The van der Waals surface area contributed by atoms with Crippen LogP contribution in [0.25, 0.3) is 11.5 Å². The third-order valence-electron chi connectivity index (χ3n) is 2.73. The topological polar surface area (TPSA) is 102 Å². The van der Waals surface area contributed by atoms with Gasteiger partial charge in [-0.1, -0.05) is 12.1 Å². The Morgan fingerprint density at radius 1 is 1.14 bits per heavy atom. The van der Waals surface area contributed by atoms with E-state index in [-0.39, 0.29) is 0 Å². The van der Waals surface area contributed by atoms with Crippen LogP contribution in [0.2, 0.25) is 0 Å². The normalized spacial score (nSPS) is 10.5. The molecular weight excluding hydrogens is 270 g/mol. The number of ether oxygens (including phenoxy) is 1. The first-order chi connectivity index (χ1) is 10.3. The molecule has 106 valence electrons. The molecule has 0 bridgehead atoms. The number of benzene rings is 1. The van der Waals surface area contributed by atoms with Crippen LogP contribution in [0.3, 0.4) is 0 Å². The number of rotatable bonds is 5. The fourth-order valence-electron chi connectivity index (χ4n) is 1.75. The summed E-state index contributed by atoms with van der Waals surface area (Å²) >= 11 is 0. The van der Waals surface area contributed by atoms with Crippen molar-refractivity contribution in [2.24, 2.45) is 0 Å². The van der Waals surface area contributed by atoms with Gasteiger partial charge in [-0.05, 0) is 30.0 Å². The van der Waals surface area contributed by atoms with Crippen LogP contribution >= 0.6 is 0 Å². The van der Waals surface area contributed by atoms with Crippen LogP contribution in [0.5, 0.6) is 11.6 Å². The number of tetrazole rings is 1. The van der Waals surface area contributed by atoms with E-state index in [0.29, 0.717) is 23.1 Å². The second kappa shape index (κ2) is 6.06. The molecule has 2 N–H and O–H groups in total. The summed E-state index contributed by atoms with van der Waals surface area (Å²) in [6.07, 6.45) is 3.06. The minimum atomic E-state index is 0.394. The molecular formula is C13H13N7O. The van der Waals surface area contributed by atoms with Gasteiger partial charge in [0, 0.05) is 6.54 Å². The standard InChI is InChI=1S/C13H13N7O/c1-14-6-9-2-4-10(5-3-9)21-12-8-15-11(7-16-12)13-17-19-20-18-13/h2-5,7-8,14H,6H2,1H3,(H,17,18,19,20). The smallest absolute Gasteiger partial charge is 0.237 e. The molecule has 0 saturated carbocycles. The molecule has 0 radical (unpaired) electrons. The van der Waals surface area contributed by atoms with Gasteiger partial charge in [-0.25, -0.2) is 9.97 Å². The van der Waals surface area contributed by atoms with E-state index in [9.17, 15) is 0 Å². The Morgan fingerprint density at radius 3 is 2.62 bits per heavy atom. The summed E-state index contributed by atoms with van der Waals surface area (Å²) in [4.78, 5) is 8.35. The Labute approximate surface area is 120 Å². The van der Waals surface area contributed by atoms with E-state index in [1.54, 1.807) is 0 Å². The zero-order valence-electron chi connectivity index (χ0n) is 11.3. The Kier molecular flexibility index (Phi) is 3.79. The SMILES string of the molecule is CNCc1ccc(Oc2cnc(-c3nn[nH]n3)cn2)cc1. The van der Waals surface area contributed by atoms with E-state index in [2.05, 4.69) is 35.9 Å². The van der Waals surface area contributed by atoms with Crippen molar-refractivity contribution in [1.82, 2.24) is 35.9 Å². The van der Waals surface area contributed by atoms with Gasteiger partial charge >= 0.3 is 0 Å². The lowest BCUT2D eigenvalue weighted by atomic mass is 10.2. The summed E-state index contributed by atoms with van der Waals surface area (Å²) in [6.45, 7) is 0.819. The molecule has 8 heteroatoms. The van der Waals surface area contributed by atoms with Crippen molar-refractivity contribution < 1.29 is 4.74 Å². The maximum atomic E-state index is 5.63. The summed E-state index contributed by atoms with van der Waals surface area (Å²) in [5.41, 5.74) is 1.71. The monoisotopic (exact) mass is 283 g/mol. The van der Waals surface area contributed by atoms with Crippen LogP contribution < -0.4 is 10.1 Å². The van der Waals surface area contributed by atoms with Crippen molar-refractivity contribution in [1.29, 1.82) is 0 Å². The van der Waals surface area contributed by atoms with E-state index < -0.39 is 0 Å². The molecule has 8 nitrogen and oxygen atoms in total. The molecule has 0 aliphatic carbocycles. The second-order valence-corrected chi connectivity index (χ2v) is 4.25. The number of hydrogen-bond acceptors (Lipinski definition) is 7. The van der Waals surface area contributed by atoms with Crippen LogP contribution in [-0.2, 0) is 6.54 Å². The Morgan fingerprint density at radius 2 is 2.00 bits per heavy atom. The average Bonchev–Trinajstić information content (AvgIpc) is 3.05. The summed E-state index contributed by atoms with van der Waals surface area (Å²) in [6, 6.07) is 7.77. The minimum Gasteiger partial charge on any atom is -0.438 e. The molecule has 2 aromatic heterocycles. The number of nitrogens with zero attached hydrogens (tertiary/aromatic N) is 5. The highest BCUT2D eigenvalue weighted by atomic mass is 16.5. The molecule has 0 saturated heterocycles. The molecule has 3 rings (SSSR count). The van der Waals surface area contributed by atoms with E-state index in [4.69, 9.17) is 4.74 Å². The van der Waals surface area contributed by atoms with Gasteiger partial charge in [0.05, 0.1) is 12.4 Å². The highest BCUT2D eigenvalue weighted by Gasteiger charge is 2.06. The summed E-state index contributed by atoms with van der Waals surface area (Å²) in [5.74, 6) is 1.51. The van der Waals surface area contributed by atoms with Gasteiger partial charge in [0.15, 0.2) is 0 Å². The third-order valence-corrected chi connectivity index (χ3v) is 2.73. The van der Waals surface area contributed by atoms with E-state index in [0.717, 1.165) is 6.54 Å². The van der Waals surface area contributed by atoms with Crippen molar-refractivity contribution >= 4 is 0 Å². The molecule has 0 fully saturated rings. The molecule has 1 aromatic carbocycles. The lowest BCUT2D eigenvalue weighted by Gasteiger charge is -2.05. The molecule has 0 aliphatic rings. The van der Waals surface area contributed by atoms with E-state index in [1.807, 2.05) is 31.3 Å². The predicted octanol–water partition coefficient (Wildman–Crippen LogP) is 1.17. The summed E-state index contributed by atoms with van der Waals surface area (Å²) in [7, 11) is 1.91. The third kappa shape index (κ3) is 3.18. The van der Waals surface area contributed by atoms with Crippen LogP contribution in [0.1, 0.15) is 5.56 Å². The zero-order chi connectivity index (χ0) is 14.5. The fourth-order valence-corrected chi connectivity index (χ4v) is 1.75. The number of hydrogen-bond donors (Lipinski definition) is 2. The molecule has 0 unspecified atom stereocenters. The van der Waals surface area contributed by atoms with Crippen LogP contribution in [-0.4, -0.2) is 37.6 Å². The minimum absolute atomic E-state index is 0.394. The van der Waals surface area contributed by atoms with Crippen molar-refractivity contribution in [3.05, 3.63) is 42.2 Å². The van der Waals surface area contributed by atoms with Gasteiger partial charge in [0.25, 0.3) is 0 Å². The molecule has 0 atom stereocenters. The van der Waals surface area contributed by atoms with Crippen molar-refractivity contribution in [2.45, 2.75) is 6.54 Å². The lowest BCUT2D eigenvalue weighted by Crippen LogP contribution is -2.04. The first-order valence-electron chi connectivity index (χ1n) is 6.32. The average molecular weight is 283 g/mol. The van der Waals surface area contributed by atoms with Gasteiger partial charge in [-0.15, -0.1) is 10.2 Å². The van der Waals surface area contributed by atoms with Gasteiger partial charge in [0.1, 0.15) is 11.4 Å². The molecule has 0 spiro atoms. The van der Waals surface area contributed by atoms with Crippen molar-refractivity contribution in [3.63, 3.8) is 0 Å². The van der Waals surface area contributed by atoms with Gasteiger partial charge in [0.2, 0.25) is 11.7 Å². The molecule has 21 heavy (non-hydrogen) atoms. The Bertz CT molecular complexity index is 680. The highest BCUT2D eigenvalue weighted by Crippen LogP contribution is 2.20. The number of aromatic amines is 1. The first kappa shape index (κ1) is 13.1. The van der Waals surface area contributed by atoms with Gasteiger partial charge < -0.3 is 10.1 Å². The van der Waals surface area contributed by atoms with Gasteiger partial charge in [-0.2, -0.15) is 5.21 Å². The Balaban J connectivity index is 1.70. The zero-order valence-corrected chi connectivity index (χ0v) is 11.3. The van der Waals surface area contributed by atoms with Crippen LogP contribution in [0.15, 0.2) is 36.7 Å². The number of nitrogens with one attached hydrogen (secondary N) is 2. The van der Waals surface area contributed by atoms with Gasteiger partial charge in [-0.3, -0.25) is 0 Å². The summed E-state index contributed by atoms with van der Waals surface area (Å²) < 4.78 is 5.63. The molecule has 2 heterocycles. The quantitative estimate of drug-likeness (QED) is 0.724. The van der Waals surface area contributed by atoms with Crippen molar-refractivity contribution in [3.8, 4) is 23.1 Å². The number of H-pyrrole nitrogens is 1. The second-order valence-electron chi connectivity index (χ2n) is 4.25. The first-order valence-corrected chi connectivity index (χ1v) is 6.32. The largest absolute Gasteiger partial charge is 0.438 e. The maximum absolute atomic E-state index is 5.63. The van der Waals surface area contributed by atoms with E-state index in [1.165, 1.54) is 18.0 Å². The fraction of sp³-hybridized carbons (Fsp3) is 0.154. The Hall–Kier alpha value is -2.87. The number of aromatic nitrogens is 6. The highest BCUT2D eigenvalue weighted by molar-refractivity contribution is 5.45.